The summed E-state index contributed by atoms with van der Waals surface area (Å²) in [4.78, 5) is 14.7. The molecule has 7 nitrogen and oxygen atoms in total. The number of nitrogens with zero attached hydrogens (tertiary/aromatic N) is 4. The van der Waals surface area contributed by atoms with Crippen molar-refractivity contribution >= 4 is 16.9 Å². The maximum absolute atomic E-state index is 10.5. The zero-order chi connectivity index (χ0) is 15.8. The fourth-order valence-electron chi connectivity index (χ4n) is 2.38. The van der Waals surface area contributed by atoms with E-state index in [1.54, 1.807) is 6.26 Å². The molecule has 0 N–H and O–H groups in total. The molecule has 21 heavy (non-hydrogen) atoms. The number of hydrogen-bond acceptors (Lipinski definition) is 5. The number of hydrazone groups is 1. The Labute approximate surface area is 130 Å². The lowest BCUT2D eigenvalue weighted by Crippen LogP contribution is -2.39. The highest BCUT2D eigenvalue weighted by molar-refractivity contribution is 8.13. The lowest BCUT2D eigenvalue weighted by Gasteiger charge is -2.27. The molecule has 0 saturated carbocycles. The topological polar surface area (TPSA) is 71.2 Å². The Morgan fingerprint density at radius 1 is 1.48 bits per heavy atom. The first kappa shape index (κ1) is 18.2. The van der Waals surface area contributed by atoms with E-state index in [1.165, 1.54) is 11.8 Å². The smallest absolute Gasteiger partial charge is 0.237 e. The molecule has 0 aromatic heterocycles. The van der Waals surface area contributed by atoms with Crippen molar-refractivity contribution in [1.29, 1.82) is 0 Å². The maximum Gasteiger partial charge on any atom is 0.237 e. The summed E-state index contributed by atoms with van der Waals surface area (Å²) in [5.74, 6) is 1.19. The van der Waals surface area contributed by atoms with Gasteiger partial charge in [0.05, 0.1) is 11.7 Å². The van der Waals surface area contributed by atoms with Gasteiger partial charge in [0.1, 0.15) is 0 Å². The standard InChI is InChI=1S/C13H26N4O3S/c1-5-16(8-12-10-20-9-11(12)2)7-6-15(3)13(21-4)14-17(18)19/h11-12H,5-10H2,1-4H3. The van der Waals surface area contributed by atoms with Crippen LogP contribution in [-0.4, -0.2) is 72.7 Å². The number of likely N-dealkylation sites (N-methyl/N-ethyl adjacent to an activating group) is 2. The molecular weight excluding hydrogens is 292 g/mol. The average molecular weight is 318 g/mol. The van der Waals surface area contributed by atoms with Crippen LogP contribution in [0.2, 0.25) is 0 Å². The third kappa shape index (κ3) is 6.19. The minimum atomic E-state index is -0.641. The molecule has 2 unspecified atom stereocenters. The fraction of sp³-hybridized carbons (Fsp3) is 0.923. The lowest BCUT2D eigenvalue weighted by molar-refractivity contribution is -0.485. The predicted octanol–water partition coefficient (Wildman–Crippen LogP) is 1.43. The number of rotatable bonds is 7. The van der Waals surface area contributed by atoms with Crippen molar-refractivity contribution in [2.45, 2.75) is 13.8 Å². The summed E-state index contributed by atoms with van der Waals surface area (Å²) < 4.78 is 5.51. The predicted molar refractivity (Wildman–Crippen MR) is 86.2 cm³/mol. The summed E-state index contributed by atoms with van der Waals surface area (Å²) in [7, 11) is 1.84. The quantitative estimate of drug-likeness (QED) is 0.306. The third-order valence-electron chi connectivity index (χ3n) is 3.89. The van der Waals surface area contributed by atoms with Crippen molar-refractivity contribution in [2.24, 2.45) is 16.9 Å². The van der Waals surface area contributed by atoms with Gasteiger partial charge < -0.3 is 14.5 Å². The second-order valence-corrected chi connectivity index (χ2v) is 6.19. The first-order valence-corrected chi connectivity index (χ1v) is 8.48. The lowest BCUT2D eigenvalue weighted by atomic mass is 9.97. The van der Waals surface area contributed by atoms with Crippen molar-refractivity contribution in [2.75, 3.05) is 52.7 Å². The third-order valence-corrected chi connectivity index (χ3v) is 4.64. The molecule has 122 valence electrons. The number of hydrogen-bond donors (Lipinski definition) is 0. The molecule has 0 amide bonds. The van der Waals surface area contributed by atoms with Crippen LogP contribution in [0.4, 0.5) is 0 Å². The first-order chi connectivity index (χ1) is 9.97. The van der Waals surface area contributed by atoms with Crippen LogP contribution >= 0.6 is 11.8 Å². The van der Waals surface area contributed by atoms with Crippen molar-refractivity contribution in [3.05, 3.63) is 10.1 Å². The van der Waals surface area contributed by atoms with E-state index >= 15 is 0 Å². The van der Waals surface area contributed by atoms with Gasteiger partial charge in [0, 0.05) is 33.3 Å². The van der Waals surface area contributed by atoms with E-state index in [2.05, 4.69) is 23.8 Å². The fourth-order valence-corrected chi connectivity index (χ4v) is 2.93. The van der Waals surface area contributed by atoms with Crippen molar-refractivity contribution in [3.63, 3.8) is 0 Å². The van der Waals surface area contributed by atoms with E-state index < -0.39 is 5.03 Å². The van der Waals surface area contributed by atoms with Crippen molar-refractivity contribution < 1.29 is 9.77 Å². The number of thioether (sulfide) groups is 1. The molecule has 1 fully saturated rings. The number of amidine groups is 1. The van der Waals surface area contributed by atoms with Gasteiger partial charge in [-0.15, -0.1) is 0 Å². The van der Waals surface area contributed by atoms with Gasteiger partial charge in [-0.3, -0.25) is 0 Å². The Morgan fingerprint density at radius 2 is 2.19 bits per heavy atom. The van der Waals surface area contributed by atoms with E-state index in [9.17, 15) is 10.1 Å². The highest BCUT2D eigenvalue weighted by Gasteiger charge is 2.26. The minimum absolute atomic E-state index is 0.439. The molecule has 0 aromatic rings. The Kier molecular flexibility index (Phi) is 7.98. The van der Waals surface area contributed by atoms with Crippen LogP contribution in [0.3, 0.4) is 0 Å². The number of ether oxygens (including phenoxy) is 1. The van der Waals surface area contributed by atoms with Gasteiger partial charge in [0.25, 0.3) is 0 Å². The van der Waals surface area contributed by atoms with E-state index in [-0.39, 0.29) is 0 Å². The summed E-state index contributed by atoms with van der Waals surface area (Å²) in [6.07, 6.45) is 1.80. The second kappa shape index (κ2) is 9.22. The summed E-state index contributed by atoms with van der Waals surface area (Å²) >= 11 is 1.29. The number of nitro groups is 1. The highest BCUT2D eigenvalue weighted by Crippen LogP contribution is 2.20. The largest absolute Gasteiger partial charge is 0.381 e. The molecule has 0 radical (unpaired) electrons. The summed E-state index contributed by atoms with van der Waals surface area (Å²) in [5, 5.41) is 13.7. The van der Waals surface area contributed by atoms with Crippen LogP contribution in [0, 0.1) is 22.0 Å². The molecule has 0 aromatic carbocycles. The second-order valence-electron chi connectivity index (χ2n) is 5.41. The van der Waals surface area contributed by atoms with Crippen LogP contribution in [0.25, 0.3) is 0 Å². The molecule has 2 atom stereocenters. The Hall–Kier alpha value is -0.860. The SMILES string of the molecule is CCN(CCN(C)C(=N[N+](=O)[O-])SC)CC1COCC1C. The van der Waals surface area contributed by atoms with Gasteiger partial charge in [-0.1, -0.05) is 25.6 Å². The maximum atomic E-state index is 10.5. The van der Waals surface area contributed by atoms with Gasteiger partial charge in [-0.25, -0.2) is 10.1 Å². The van der Waals surface area contributed by atoms with Crippen molar-refractivity contribution in [3.8, 4) is 0 Å². The molecule has 1 aliphatic rings. The molecule has 0 spiro atoms. The van der Waals surface area contributed by atoms with Gasteiger partial charge in [0.2, 0.25) is 5.17 Å². The highest BCUT2D eigenvalue weighted by atomic mass is 32.2. The Bertz CT molecular complexity index is 367. The molecule has 1 rings (SSSR count). The monoisotopic (exact) mass is 318 g/mol. The molecule has 1 aliphatic heterocycles. The zero-order valence-corrected chi connectivity index (χ0v) is 14.1. The Morgan fingerprint density at radius 3 is 2.67 bits per heavy atom. The van der Waals surface area contributed by atoms with Crippen molar-refractivity contribution in [1.82, 2.24) is 9.80 Å². The zero-order valence-electron chi connectivity index (χ0n) is 13.3. The van der Waals surface area contributed by atoms with Gasteiger partial charge in [-0.05, 0) is 24.6 Å². The first-order valence-electron chi connectivity index (χ1n) is 7.26. The molecular formula is C13H26N4O3S. The van der Waals surface area contributed by atoms with Gasteiger partial charge in [0.15, 0.2) is 5.03 Å². The molecule has 0 bridgehead atoms. The van der Waals surface area contributed by atoms with Crippen LogP contribution in [-0.2, 0) is 4.74 Å². The molecule has 1 heterocycles. The molecule has 1 saturated heterocycles. The minimum Gasteiger partial charge on any atom is -0.381 e. The van der Waals surface area contributed by atoms with E-state index in [1.807, 2.05) is 11.9 Å². The molecule has 8 heteroatoms. The van der Waals surface area contributed by atoms with E-state index in [0.717, 1.165) is 39.4 Å². The van der Waals surface area contributed by atoms with Gasteiger partial charge >= 0.3 is 0 Å². The van der Waals surface area contributed by atoms with Crippen LogP contribution in [0.15, 0.2) is 5.10 Å². The van der Waals surface area contributed by atoms with E-state index in [4.69, 9.17) is 4.74 Å². The average Bonchev–Trinajstić information content (AvgIpc) is 2.85. The summed E-state index contributed by atoms with van der Waals surface area (Å²) in [6, 6.07) is 0. The van der Waals surface area contributed by atoms with E-state index in [0.29, 0.717) is 17.0 Å². The van der Waals surface area contributed by atoms with Crippen LogP contribution in [0.5, 0.6) is 0 Å². The summed E-state index contributed by atoms with van der Waals surface area (Å²) in [5.41, 5.74) is 0. The van der Waals surface area contributed by atoms with Crippen LogP contribution < -0.4 is 0 Å². The normalized spacial score (nSPS) is 22.8. The summed E-state index contributed by atoms with van der Waals surface area (Å²) in [6.45, 7) is 9.65. The van der Waals surface area contributed by atoms with Gasteiger partial charge in [-0.2, -0.15) is 0 Å². The molecule has 0 aliphatic carbocycles. The van der Waals surface area contributed by atoms with Crippen LogP contribution in [0.1, 0.15) is 13.8 Å². The Balaban J connectivity index is 2.44.